The second kappa shape index (κ2) is 5.19. The van der Waals surface area contributed by atoms with Crippen LogP contribution in [-0.4, -0.2) is 19.9 Å². The lowest BCUT2D eigenvalue weighted by atomic mass is 10.4. The van der Waals surface area contributed by atoms with Gasteiger partial charge in [-0.25, -0.2) is 15.0 Å². The predicted octanol–water partition coefficient (Wildman–Crippen LogP) is 2.69. The fraction of sp³-hybridized carbons (Fsp3) is 0. The number of hydrogen-bond acceptors (Lipinski definition) is 6. The summed E-state index contributed by atoms with van der Waals surface area (Å²) in [6.45, 7) is 0. The van der Waals surface area contributed by atoms with E-state index in [0.717, 1.165) is 11.8 Å². The molecular weight excluding hydrogens is 308 g/mol. The van der Waals surface area contributed by atoms with E-state index >= 15 is 0 Å². The van der Waals surface area contributed by atoms with E-state index in [9.17, 15) is 10.1 Å². The minimum absolute atomic E-state index is 0.0528. The van der Waals surface area contributed by atoms with Crippen molar-refractivity contribution in [2.24, 2.45) is 0 Å². The Balaban J connectivity index is 2.36. The van der Waals surface area contributed by atoms with Crippen LogP contribution in [0.1, 0.15) is 0 Å². The van der Waals surface area contributed by atoms with Crippen LogP contribution in [0.4, 0.5) is 5.69 Å². The van der Waals surface area contributed by atoms with Crippen LogP contribution in [0.3, 0.4) is 0 Å². The number of aromatic nitrogens is 3. The van der Waals surface area contributed by atoms with Gasteiger partial charge in [0.2, 0.25) is 0 Å². The molecule has 17 heavy (non-hydrogen) atoms. The molecular formula is C9H5BrN4O2S. The van der Waals surface area contributed by atoms with Crippen molar-refractivity contribution in [1.29, 1.82) is 0 Å². The number of hydrogen-bond donors (Lipinski definition) is 0. The summed E-state index contributed by atoms with van der Waals surface area (Å²) in [6.07, 6.45) is 4.46. The highest BCUT2D eigenvalue weighted by Crippen LogP contribution is 2.32. The first kappa shape index (κ1) is 11.9. The number of nitrogens with zero attached hydrogens (tertiary/aromatic N) is 4. The van der Waals surface area contributed by atoms with Crippen LogP contribution in [0.2, 0.25) is 0 Å². The summed E-state index contributed by atoms with van der Waals surface area (Å²) in [7, 11) is 0. The Morgan fingerprint density at radius 1 is 1.41 bits per heavy atom. The largest absolute Gasteiger partial charge is 0.302 e. The average Bonchev–Trinajstić information content (AvgIpc) is 2.32. The van der Waals surface area contributed by atoms with E-state index in [1.165, 1.54) is 18.6 Å². The average molecular weight is 313 g/mol. The quantitative estimate of drug-likeness (QED) is 0.492. The Hall–Kier alpha value is -1.54. The molecule has 0 amide bonds. The summed E-state index contributed by atoms with van der Waals surface area (Å²) in [6, 6.07) is 3.08. The zero-order valence-electron chi connectivity index (χ0n) is 8.28. The maximum atomic E-state index is 10.9. The van der Waals surface area contributed by atoms with Gasteiger partial charge in [0.1, 0.15) is 11.4 Å². The molecule has 6 nitrogen and oxygen atoms in total. The smallest absolute Gasteiger partial charge is 0.258 e. The zero-order chi connectivity index (χ0) is 12.3. The summed E-state index contributed by atoms with van der Waals surface area (Å²) in [5.74, 6) is 0. The van der Waals surface area contributed by atoms with Gasteiger partial charge in [-0.05, 0) is 33.8 Å². The molecule has 0 saturated heterocycles. The van der Waals surface area contributed by atoms with Gasteiger partial charge in [-0.1, -0.05) is 0 Å². The Bertz CT molecular complexity index is 552. The van der Waals surface area contributed by atoms with Crippen LogP contribution in [0.15, 0.2) is 45.4 Å². The normalized spacial score (nSPS) is 10.2. The number of rotatable bonds is 3. The summed E-state index contributed by atoms with van der Waals surface area (Å²) >= 11 is 4.27. The van der Waals surface area contributed by atoms with Crippen molar-refractivity contribution in [3.63, 3.8) is 0 Å². The highest BCUT2D eigenvalue weighted by Gasteiger charge is 2.17. The zero-order valence-corrected chi connectivity index (χ0v) is 10.7. The molecule has 2 aromatic rings. The van der Waals surface area contributed by atoms with Crippen molar-refractivity contribution in [3.05, 3.63) is 45.4 Å². The van der Waals surface area contributed by atoms with Gasteiger partial charge in [0.05, 0.1) is 4.92 Å². The molecule has 0 aliphatic heterocycles. The van der Waals surface area contributed by atoms with Gasteiger partial charge in [0, 0.05) is 22.9 Å². The molecule has 2 heterocycles. The fourth-order valence-electron chi connectivity index (χ4n) is 1.06. The van der Waals surface area contributed by atoms with Crippen LogP contribution >= 0.6 is 27.7 Å². The van der Waals surface area contributed by atoms with Gasteiger partial charge in [-0.15, -0.1) is 0 Å². The first-order chi connectivity index (χ1) is 8.16. The standard InChI is InChI=1S/C9H5BrN4O2S/c10-6-3-7(14(15)16)9(12-4-6)17-8-1-2-11-5-13-8/h1-5H. The van der Waals surface area contributed by atoms with E-state index in [1.54, 1.807) is 12.3 Å². The Morgan fingerprint density at radius 3 is 2.88 bits per heavy atom. The molecule has 0 bridgehead atoms. The second-order valence-corrected chi connectivity index (χ2v) is 4.81. The van der Waals surface area contributed by atoms with E-state index in [4.69, 9.17) is 0 Å². The third-order valence-corrected chi connectivity index (χ3v) is 3.14. The first-order valence-electron chi connectivity index (χ1n) is 4.40. The highest BCUT2D eigenvalue weighted by molar-refractivity contribution is 9.10. The molecule has 0 N–H and O–H groups in total. The van der Waals surface area contributed by atoms with E-state index in [2.05, 4.69) is 30.9 Å². The SMILES string of the molecule is O=[N+]([O-])c1cc(Br)cnc1Sc1ccncn1. The highest BCUT2D eigenvalue weighted by atomic mass is 79.9. The predicted molar refractivity (Wildman–Crippen MR) is 64.7 cm³/mol. The first-order valence-corrected chi connectivity index (χ1v) is 6.01. The van der Waals surface area contributed by atoms with Crippen molar-refractivity contribution in [1.82, 2.24) is 15.0 Å². The molecule has 0 aromatic carbocycles. The van der Waals surface area contributed by atoms with Crippen LogP contribution in [-0.2, 0) is 0 Å². The molecule has 0 spiro atoms. The van der Waals surface area contributed by atoms with E-state index < -0.39 is 4.92 Å². The van der Waals surface area contributed by atoms with Gasteiger partial charge >= 0.3 is 5.69 Å². The molecule has 0 radical (unpaired) electrons. The molecule has 0 unspecified atom stereocenters. The molecule has 0 aliphatic carbocycles. The van der Waals surface area contributed by atoms with Gasteiger partial charge in [-0.2, -0.15) is 0 Å². The molecule has 0 aliphatic rings. The monoisotopic (exact) mass is 312 g/mol. The summed E-state index contributed by atoms with van der Waals surface area (Å²) in [5.41, 5.74) is -0.0528. The lowest BCUT2D eigenvalue weighted by Crippen LogP contribution is -1.94. The number of nitro groups is 1. The minimum Gasteiger partial charge on any atom is -0.258 e. The van der Waals surface area contributed by atoms with E-state index in [1.807, 2.05) is 0 Å². The van der Waals surface area contributed by atoms with Crippen molar-refractivity contribution in [2.75, 3.05) is 0 Å². The van der Waals surface area contributed by atoms with Gasteiger partial charge in [0.15, 0.2) is 5.03 Å². The topological polar surface area (TPSA) is 81.8 Å². The van der Waals surface area contributed by atoms with Crippen molar-refractivity contribution in [3.8, 4) is 0 Å². The van der Waals surface area contributed by atoms with Crippen molar-refractivity contribution >= 4 is 33.4 Å². The molecule has 0 atom stereocenters. The Morgan fingerprint density at radius 2 is 2.24 bits per heavy atom. The summed E-state index contributed by atoms with van der Waals surface area (Å²) in [5, 5.41) is 11.8. The number of pyridine rings is 1. The van der Waals surface area contributed by atoms with Gasteiger partial charge < -0.3 is 0 Å². The third kappa shape index (κ3) is 2.98. The van der Waals surface area contributed by atoms with Crippen LogP contribution in [0.5, 0.6) is 0 Å². The minimum atomic E-state index is -0.471. The molecule has 2 rings (SSSR count). The van der Waals surface area contributed by atoms with Crippen LogP contribution in [0.25, 0.3) is 0 Å². The molecule has 2 aromatic heterocycles. The lowest BCUT2D eigenvalue weighted by molar-refractivity contribution is -0.388. The fourth-order valence-corrected chi connectivity index (χ4v) is 2.15. The van der Waals surface area contributed by atoms with Crippen LogP contribution in [0, 0.1) is 10.1 Å². The number of halogens is 1. The Kier molecular flexibility index (Phi) is 3.64. The molecule has 86 valence electrons. The lowest BCUT2D eigenvalue weighted by Gasteiger charge is -2.01. The van der Waals surface area contributed by atoms with E-state index in [-0.39, 0.29) is 5.69 Å². The summed E-state index contributed by atoms with van der Waals surface area (Å²) in [4.78, 5) is 22.1. The molecule has 8 heteroatoms. The summed E-state index contributed by atoms with van der Waals surface area (Å²) < 4.78 is 0.566. The third-order valence-electron chi connectivity index (χ3n) is 1.75. The van der Waals surface area contributed by atoms with Crippen molar-refractivity contribution in [2.45, 2.75) is 10.1 Å². The van der Waals surface area contributed by atoms with Crippen LogP contribution < -0.4 is 0 Å². The van der Waals surface area contributed by atoms with Gasteiger partial charge in [0.25, 0.3) is 0 Å². The van der Waals surface area contributed by atoms with E-state index in [0.29, 0.717) is 14.5 Å². The van der Waals surface area contributed by atoms with Crippen molar-refractivity contribution < 1.29 is 4.92 Å². The Labute approximate surface area is 109 Å². The molecule has 0 fully saturated rings. The molecule has 0 saturated carbocycles. The second-order valence-electron chi connectivity index (χ2n) is 2.88. The maximum Gasteiger partial charge on any atom is 0.302 e. The maximum absolute atomic E-state index is 10.9. The van der Waals surface area contributed by atoms with Gasteiger partial charge in [-0.3, -0.25) is 10.1 Å².